The largest absolute Gasteiger partial charge is 0.444 e. The van der Waals surface area contributed by atoms with E-state index >= 15 is 0 Å². The molecule has 0 aliphatic rings. The van der Waals surface area contributed by atoms with Crippen molar-refractivity contribution in [3.63, 3.8) is 0 Å². The Morgan fingerprint density at radius 2 is 1.56 bits per heavy atom. The van der Waals surface area contributed by atoms with Gasteiger partial charge in [0.25, 0.3) is 0 Å². The molecule has 0 saturated heterocycles. The van der Waals surface area contributed by atoms with Crippen molar-refractivity contribution in [2.75, 3.05) is 6.54 Å². The number of nitrogens with two attached hydrogens (primary N) is 2. The van der Waals surface area contributed by atoms with Crippen LogP contribution in [0.25, 0.3) is 0 Å². The predicted molar refractivity (Wildman–Crippen MR) is 102 cm³/mol. The minimum absolute atomic E-state index is 0.0855. The normalized spacial score (nSPS) is 13.5. The average molecular weight is 387 g/mol. The summed E-state index contributed by atoms with van der Waals surface area (Å²) < 4.78 is 10.3. The Morgan fingerprint density at radius 1 is 1.00 bits per heavy atom. The summed E-state index contributed by atoms with van der Waals surface area (Å²) in [5.74, 6) is -0.639. The zero-order valence-corrected chi connectivity index (χ0v) is 17.0. The highest BCUT2D eigenvalue weighted by Gasteiger charge is 2.20. The zero-order chi connectivity index (χ0) is 21.3. The van der Waals surface area contributed by atoms with Crippen LogP contribution in [0.4, 0.5) is 9.59 Å². The standard InChI is InChI=1S/C17H33N5O5/c1-16(2,3)26-14(24)21-13(22-15(25)27-17(4,5)6)20-10-8-7-9-11(18)12(19)23/h11H,7-10,18H2,1-6H3,(H2,19,23)(H2,20,21,22,24,25)/t11-/m0/s1. The molecule has 27 heavy (non-hydrogen) atoms. The van der Waals surface area contributed by atoms with Crippen molar-refractivity contribution >= 4 is 24.1 Å². The van der Waals surface area contributed by atoms with Crippen LogP contribution in [0.3, 0.4) is 0 Å². The third kappa shape index (κ3) is 14.5. The van der Waals surface area contributed by atoms with Crippen LogP contribution >= 0.6 is 0 Å². The summed E-state index contributed by atoms with van der Waals surface area (Å²) in [6.45, 7) is 10.6. The quantitative estimate of drug-likeness (QED) is 0.304. The molecule has 0 fully saturated rings. The Balaban J connectivity index is 4.76. The summed E-state index contributed by atoms with van der Waals surface area (Å²) in [6.07, 6.45) is 0.0766. The number of amides is 3. The second kappa shape index (κ2) is 10.7. The van der Waals surface area contributed by atoms with Gasteiger partial charge in [0, 0.05) is 6.54 Å². The first-order valence-electron chi connectivity index (χ1n) is 8.80. The first-order chi connectivity index (χ1) is 12.2. The minimum atomic E-state index is -0.850. The Hall–Kier alpha value is -2.36. The van der Waals surface area contributed by atoms with Crippen molar-refractivity contribution < 1.29 is 23.9 Å². The fraction of sp³-hybridized carbons (Fsp3) is 0.765. The van der Waals surface area contributed by atoms with E-state index in [1.165, 1.54) is 0 Å². The first kappa shape index (κ1) is 24.6. The van der Waals surface area contributed by atoms with Crippen LogP contribution in [0.15, 0.2) is 4.99 Å². The number of alkyl carbamates (subject to hydrolysis) is 1. The number of carbonyl (C=O) groups is 3. The first-order valence-corrected chi connectivity index (χ1v) is 8.80. The lowest BCUT2D eigenvalue weighted by Gasteiger charge is -2.21. The van der Waals surface area contributed by atoms with E-state index in [9.17, 15) is 14.4 Å². The van der Waals surface area contributed by atoms with Crippen molar-refractivity contribution in [1.82, 2.24) is 10.6 Å². The minimum Gasteiger partial charge on any atom is -0.444 e. The fourth-order valence-corrected chi connectivity index (χ4v) is 1.73. The Labute approximate surface area is 160 Å². The van der Waals surface area contributed by atoms with Gasteiger partial charge < -0.3 is 26.3 Å². The lowest BCUT2D eigenvalue weighted by molar-refractivity contribution is -0.119. The number of nitrogens with one attached hydrogen (secondary N) is 2. The maximum Gasteiger partial charge on any atom is 0.437 e. The third-order valence-corrected chi connectivity index (χ3v) is 2.82. The second-order valence-corrected chi connectivity index (χ2v) is 8.00. The predicted octanol–water partition coefficient (Wildman–Crippen LogP) is 1.37. The average Bonchev–Trinajstić information content (AvgIpc) is 2.41. The molecule has 1 atom stereocenters. The maximum absolute atomic E-state index is 11.9. The molecule has 10 heteroatoms. The zero-order valence-electron chi connectivity index (χ0n) is 17.0. The summed E-state index contributed by atoms with van der Waals surface area (Å²) >= 11 is 0. The summed E-state index contributed by atoms with van der Waals surface area (Å²) in [6, 6.07) is -0.695. The van der Waals surface area contributed by atoms with Crippen molar-refractivity contribution in [2.24, 2.45) is 16.5 Å². The molecule has 0 unspecified atom stereocenters. The molecule has 6 N–H and O–H groups in total. The van der Waals surface area contributed by atoms with Crippen LogP contribution in [0.1, 0.15) is 60.8 Å². The number of rotatable bonds is 6. The summed E-state index contributed by atoms with van der Waals surface area (Å²) in [4.78, 5) is 38.4. The van der Waals surface area contributed by atoms with Crippen molar-refractivity contribution in [3.05, 3.63) is 0 Å². The molecular weight excluding hydrogens is 354 g/mol. The molecule has 10 nitrogen and oxygen atoms in total. The van der Waals surface area contributed by atoms with E-state index in [0.29, 0.717) is 25.8 Å². The molecule has 0 rings (SSSR count). The van der Waals surface area contributed by atoms with E-state index in [2.05, 4.69) is 15.6 Å². The number of hydrogen-bond acceptors (Lipinski definition) is 6. The monoisotopic (exact) mass is 387 g/mol. The van der Waals surface area contributed by atoms with Crippen LogP contribution in [-0.2, 0) is 14.3 Å². The van der Waals surface area contributed by atoms with Gasteiger partial charge in [0.2, 0.25) is 11.9 Å². The number of ether oxygens (including phenoxy) is 2. The number of primary amides is 1. The van der Waals surface area contributed by atoms with E-state index in [0.717, 1.165) is 0 Å². The molecule has 3 amide bonds. The van der Waals surface area contributed by atoms with Crippen LogP contribution in [-0.4, -0.2) is 47.8 Å². The van der Waals surface area contributed by atoms with Gasteiger partial charge in [-0.25, -0.2) is 9.59 Å². The molecule has 0 heterocycles. The lowest BCUT2D eigenvalue weighted by atomic mass is 10.1. The van der Waals surface area contributed by atoms with Gasteiger partial charge in [-0.2, -0.15) is 0 Å². The molecule has 0 spiro atoms. The van der Waals surface area contributed by atoms with Gasteiger partial charge in [-0.15, -0.1) is 4.99 Å². The van der Waals surface area contributed by atoms with E-state index in [1.54, 1.807) is 41.5 Å². The van der Waals surface area contributed by atoms with Gasteiger partial charge in [0.15, 0.2) is 0 Å². The summed E-state index contributed by atoms with van der Waals surface area (Å²) in [5, 5.41) is 5.22. The van der Waals surface area contributed by atoms with Crippen LogP contribution in [0.5, 0.6) is 0 Å². The third-order valence-electron chi connectivity index (χ3n) is 2.82. The van der Waals surface area contributed by atoms with Gasteiger partial charge in [-0.1, -0.05) is 0 Å². The van der Waals surface area contributed by atoms with Crippen LogP contribution < -0.4 is 22.1 Å². The van der Waals surface area contributed by atoms with Gasteiger partial charge in [0.1, 0.15) is 11.2 Å². The number of nitrogens with zero attached hydrogens (tertiary/aromatic N) is 1. The topological polar surface area (TPSA) is 158 Å². The van der Waals surface area contributed by atoms with Crippen LogP contribution in [0.2, 0.25) is 0 Å². The Morgan fingerprint density at radius 3 is 2.04 bits per heavy atom. The molecule has 0 aromatic carbocycles. The number of guanidine groups is 1. The molecule has 0 aliphatic heterocycles. The van der Waals surface area contributed by atoms with Gasteiger partial charge in [-0.05, 0) is 60.8 Å². The molecule has 0 saturated carbocycles. The van der Waals surface area contributed by atoms with E-state index in [4.69, 9.17) is 20.9 Å². The smallest absolute Gasteiger partial charge is 0.437 e. The van der Waals surface area contributed by atoms with Crippen molar-refractivity contribution in [3.8, 4) is 0 Å². The maximum atomic E-state index is 11.9. The molecular formula is C17H33N5O5. The fourth-order valence-electron chi connectivity index (χ4n) is 1.73. The van der Waals surface area contributed by atoms with E-state index < -0.39 is 35.3 Å². The highest BCUT2D eigenvalue weighted by Crippen LogP contribution is 2.08. The molecule has 0 bridgehead atoms. The summed E-state index contributed by atoms with van der Waals surface area (Å²) in [7, 11) is 0. The SMILES string of the molecule is CC(C)(C)OC(=O)/N=C(\NCCCC[C@H](N)C(N)=O)NC(=O)OC(C)(C)C. The van der Waals surface area contributed by atoms with Gasteiger partial charge >= 0.3 is 12.2 Å². The number of hydrogen-bond donors (Lipinski definition) is 4. The van der Waals surface area contributed by atoms with E-state index in [1.807, 2.05) is 0 Å². The van der Waals surface area contributed by atoms with Crippen LogP contribution in [0, 0.1) is 0 Å². The lowest BCUT2D eigenvalue weighted by Crippen LogP contribution is -2.44. The van der Waals surface area contributed by atoms with Gasteiger partial charge in [0.05, 0.1) is 6.04 Å². The number of unbranched alkanes of at least 4 members (excludes halogenated alkanes) is 1. The molecule has 0 aromatic heterocycles. The highest BCUT2D eigenvalue weighted by atomic mass is 16.6. The van der Waals surface area contributed by atoms with Gasteiger partial charge in [-0.3, -0.25) is 10.1 Å². The molecule has 0 aliphatic carbocycles. The molecule has 156 valence electrons. The molecule has 0 aromatic rings. The van der Waals surface area contributed by atoms with E-state index in [-0.39, 0.29) is 5.96 Å². The second-order valence-electron chi connectivity index (χ2n) is 8.00. The number of aliphatic imine (C=N–C) groups is 1. The Kier molecular flexibility index (Phi) is 9.77. The Bertz CT molecular complexity index is 549. The molecule has 0 radical (unpaired) electrons. The highest BCUT2D eigenvalue weighted by molar-refractivity contribution is 5.98. The summed E-state index contributed by atoms with van der Waals surface area (Å²) in [5.41, 5.74) is 9.23. The van der Waals surface area contributed by atoms with Crippen molar-refractivity contribution in [2.45, 2.75) is 78.0 Å². The number of carbonyl (C=O) groups excluding carboxylic acids is 3. The van der Waals surface area contributed by atoms with Crippen molar-refractivity contribution in [1.29, 1.82) is 0 Å².